The number of ether oxygens (including phenoxy) is 1. The van der Waals surface area contributed by atoms with Gasteiger partial charge >= 0.3 is 0 Å². The number of nitrogens with one attached hydrogen (secondary N) is 1. The van der Waals surface area contributed by atoms with Crippen LogP contribution in [0.5, 0.6) is 5.75 Å². The zero-order valence-corrected chi connectivity index (χ0v) is 20.1. The third-order valence-electron chi connectivity index (χ3n) is 6.20. The highest BCUT2D eigenvalue weighted by molar-refractivity contribution is 5.97. The minimum absolute atomic E-state index is 0.0540. The first-order valence-corrected chi connectivity index (χ1v) is 11.7. The zero-order valence-electron chi connectivity index (χ0n) is 20.1. The average Bonchev–Trinajstić information content (AvgIpc) is 2.86. The Morgan fingerprint density at radius 2 is 1.54 bits per heavy atom. The van der Waals surface area contributed by atoms with Crippen LogP contribution in [-0.4, -0.2) is 54.3 Å². The molecule has 182 valence electrons. The zero-order chi connectivity index (χ0) is 24.8. The van der Waals surface area contributed by atoms with Crippen LogP contribution >= 0.6 is 0 Å². The predicted molar refractivity (Wildman–Crippen MR) is 134 cm³/mol. The second-order valence-corrected chi connectivity index (χ2v) is 8.79. The van der Waals surface area contributed by atoms with Gasteiger partial charge in [0, 0.05) is 31.9 Å². The van der Waals surface area contributed by atoms with E-state index in [2.05, 4.69) is 10.2 Å². The fourth-order valence-electron chi connectivity index (χ4n) is 4.18. The number of amides is 2. The van der Waals surface area contributed by atoms with Crippen LogP contribution in [0.1, 0.15) is 27.0 Å². The lowest BCUT2D eigenvalue weighted by Gasteiger charge is -2.34. The van der Waals surface area contributed by atoms with E-state index in [4.69, 9.17) is 4.74 Å². The van der Waals surface area contributed by atoms with E-state index in [9.17, 15) is 14.0 Å². The molecule has 2 amide bonds. The summed E-state index contributed by atoms with van der Waals surface area (Å²) in [5.74, 6) is 0.0459. The number of anilines is 1. The highest BCUT2D eigenvalue weighted by Gasteiger charge is 2.25. The van der Waals surface area contributed by atoms with Crippen LogP contribution < -0.4 is 10.1 Å². The van der Waals surface area contributed by atoms with E-state index < -0.39 is 0 Å². The molecule has 0 radical (unpaired) electrons. The number of carbonyl (C=O) groups excluding carboxylic acids is 2. The van der Waals surface area contributed by atoms with Crippen molar-refractivity contribution in [1.29, 1.82) is 0 Å². The van der Waals surface area contributed by atoms with Crippen LogP contribution in [-0.2, 0) is 11.4 Å². The molecule has 0 unspecified atom stereocenters. The molecule has 0 aliphatic carbocycles. The first kappa shape index (κ1) is 24.4. The molecule has 4 rings (SSSR count). The van der Waals surface area contributed by atoms with Gasteiger partial charge in [0.25, 0.3) is 5.91 Å². The molecule has 1 aliphatic heterocycles. The fraction of sp³-hybridized carbons (Fsp3) is 0.286. The topological polar surface area (TPSA) is 61.9 Å². The highest BCUT2D eigenvalue weighted by atomic mass is 19.1. The Balaban J connectivity index is 1.31. The summed E-state index contributed by atoms with van der Waals surface area (Å²) >= 11 is 0. The van der Waals surface area contributed by atoms with Gasteiger partial charge in [-0.15, -0.1) is 0 Å². The third-order valence-corrected chi connectivity index (χ3v) is 6.20. The van der Waals surface area contributed by atoms with E-state index in [0.29, 0.717) is 37.5 Å². The van der Waals surface area contributed by atoms with Crippen LogP contribution in [0.4, 0.5) is 10.1 Å². The predicted octanol–water partition coefficient (Wildman–Crippen LogP) is 4.42. The molecule has 7 heteroatoms. The number of hydrogen-bond acceptors (Lipinski definition) is 4. The van der Waals surface area contributed by atoms with Crippen molar-refractivity contribution < 1.29 is 18.7 Å². The van der Waals surface area contributed by atoms with Crippen molar-refractivity contribution in [2.45, 2.75) is 20.5 Å². The van der Waals surface area contributed by atoms with Gasteiger partial charge in [-0.05, 0) is 54.8 Å². The van der Waals surface area contributed by atoms with Crippen molar-refractivity contribution in [3.63, 3.8) is 0 Å². The Bertz CT molecular complexity index is 1170. The van der Waals surface area contributed by atoms with Gasteiger partial charge in [0.15, 0.2) is 0 Å². The van der Waals surface area contributed by atoms with Crippen molar-refractivity contribution >= 4 is 17.5 Å². The van der Waals surface area contributed by atoms with Gasteiger partial charge in [0.2, 0.25) is 5.91 Å². The number of rotatable bonds is 7. The van der Waals surface area contributed by atoms with Crippen molar-refractivity contribution in [3.8, 4) is 5.75 Å². The molecule has 1 N–H and O–H groups in total. The summed E-state index contributed by atoms with van der Waals surface area (Å²) in [6, 6.07) is 19.2. The number of carbonyl (C=O) groups is 2. The highest BCUT2D eigenvalue weighted by Crippen LogP contribution is 2.23. The first-order valence-electron chi connectivity index (χ1n) is 11.7. The molecule has 35 heavy (non-hydrogen) atoms. The number of benzene rings is 3. The summed E-state index contributed by atoms with van der Waals surface area (Å²) in [4.78, 5) is 29.7. The summed E-state index contributed by atoms with van der Waals surface area (Å²) in [6.45, 7) is 6.78. The Labute approximate surface area is 205 Å². The lowest BCUT2D eigenvalue weighted by molar-refractivity contribution is -0.117. The molecular weight excluding hydrogens is 445 g/mol. The largest absolute Gasteiger partial charge is 0.488 e. The lowest BCUT2D eigenvalue weighted by Crippen LogP contribution is -2.50. The quantitative estimate of drug-likeness (QED) is 0.550. The normalized spacial score (nSPS) is 14.0. The van der Waals surface area contributed by atoms with Gasteiger partial charge in [-0.1, -0.05) is 42.5 Å². The van der Waals surface area contributed by atoms with Crippen molar-refractivity contribution in [3.05, 3.63) is 94.8 Å². The van der Waals surface area contributed by atoms with Crippen LogP contribution in [0.25, 0.3) is 0 Å². The van der Waals surface area contributed by atoms with Gasteiger partial charge in [-0.25, -0.2) is 4.39 Å². The molecule has 3 aromatic carbocycles. The number of nitrogens with zero attached hydrogens (tertiary/aromatic N) is 2. The lowest BCUT2D eigenvalue weighted by atomic mass is 10.1. The van der Waals surface area contributed by atoms with E-state index in [-0.39, 0.29) is 30.8 Å². The second kappa shape index (κ2) is 11.1. The summed E-state index contributed by atoms with van der Waals surface area (Å²) in [5.41, 5.74) is 4.25. The van der Waals surface area contributed by atoms with Crippen LogP contribution in [0.2, 0.25) is 0 Å². The Morgan fingerprint density at radius 3 is 2.23 bits per heavy atom. The summed E-state index contributed by atoms with van der Waals surface area (Å²) in [7, 11) is 0. The van der Waals surface area contributed by atoms with E-state index in [1.807, 2.05) is 44.2 Å². The van der Waals surface area contributed by atoms with Gasteiger partial charge in [-0.3, -0.25) is 14.5 Å². The maximum Gasteiger partial charge on any atom is 0.257 e. The Kier molecular flexibility index (Phi) is 7.77. The van der Waals surface area contributed by atoms with Crippen molar-refractivity contribution in [2.24, 2.45) is 0 Å². The van der Waals surface area contributed by atoms with Crippen molar-refractivity contribution in [2.75, 3.05) is 38.0 Å². The average molecular weight is 476 g/mol. The maximum atomic E-state index is 13.2. The molecule has 6 nitrogen and oxygen atoms in total. The van der Waals surface area contributed by atoms with Gasteiger partial charge in [0.1, 0.15) is 18.2 Å². The number of piperazine rings is 1. The van der Waals surface area contributed by atoms with E-state index in [1.165, 1.54) is 12.1 Å². The molecule has 0 atom stereocenters. The van der Waals surface area contributed by atoms with Crippen LogP contribution in [0.15, 0.2) is 66.7 Å². The maximum absolute atomic E-state index is 13.2. The molecular formula is C28H30FN3O3. The molecule has 1 aliphatic rings. The van der Waals surface area contributed by atoms with Gasteiger partial charge in [0.05, 0.1) is 12.1 Å². The monoisotopic (exact) mass is 475 g/mol. The minimum atomic E-state index is -0.300. The Morgan fingerprint density at radius 1 is 0.886 bits per heavy atom. The van der Waals surface area contributed by atoms with Crippen LogP contribution in [0.3, 0.4) is 0 Å². The smallest absolute Gasteiger partial charge is 0.257 e. The number of aryl methyl sites for hydroxylation is 2. The molecule has 0 aromatic heterocycles. The molecule has 0 bridgehead atoms. The summed E-state index contributed by atoms with van der Waals surface area (Å²) in [5, 5.41) is 3.03. The van der Waals surface area contributed by atoms with E-state index >= 15 is 0 Å². The summed E-state index contributed by atoms with van der Waals surface area (Å²) in [6.07, 6.45) is 0. The number of halogens is 1. The van der Waals surface area contributed by atoms with Gasteiger partial charge < -0.3 is 15.0 Å². The first-order chi connectivity index (χ1) is 16.9. The minimum Gasteiger partial charge on any atom is -0.488 e. The van der Waals surface area contributed by atoms with E-state index in [0.717, 1.165) is 22.4 Å². The number of hydrogen-bond donors (Lipinski definition) is 1. The SMILES string of the molecule is Cc1cccc(C)c1NC(=O)CN1CCN(C(=O)c2ccccc2OCc2ccc(F)cc2)CC1. The van der Waals surface area contributed by atoms with Crippen molar-refractivity contribution in [1.82, 2.24) is 9.80 Å². The second-order valence-electron chi connectivity index (χ2n) is 8.79. The van der Waals surface area contributed by atoms with Crippen LogP contribution in [0, 0.1) is 19.7 Å². The molecule has 1 fully saturated rings. The molecule has 3 aromatic rings. The Hall–Kier alpha value is -3.71. The molecule has 1 saturated heterocycles. The van der Waals surface area contributed by atoms with Gasteiger partial charge in [-0.2, -0.15) is 0 Å². The molecule has 0 saturated carbocycles. The third kappa shape index (κ3) is 6.25. The molecule has 0 spiro atoms. The number of para-hydroxylation sites is 2. The standard InChI is InChI=1S/C28H30FN3O3/c1-20-6-5-7-21(2)27(20)30-26(33)18-31-14-16-32(17-15-31)28(34)24-8-3-4-9-25(24)35-19-22-10-12-23(29)13-11-22/h3-13H,14-19H2,1-2H3,(H,30,33). The van der Waals surface area contributed by atoms with E-state index in [1.54, 1.807) is 29.2 Å². The summed E-state index contributed by atoms with van der Waals surface area (Å²) < 4.78 is 19.0. The molecule has 1 heterocycles. The fourth-order valence-corrected chi connectivity index (χ4v) is 4.18.